The van der Waals surface area contributed by atoms with Crippen LogP contribution in [0.25, 0.3) is 0 Å². The Kier molecular flexibility index (Phi) is 7.98. The third-order valence-electron chi connectivity index (χ3n) is 2.70. The van der Waals surface area contributed by atoms with Crippen molar-refractivity contribution in [1.82, 2.24) is 5.32 Å². The highest BCUT2D eigenvalue weighted by Gasteiger charge is 2.39. The highest BCUT2D eigenvalue weighted by molar-refractivity contribution is 5.73. The van der Waals surface area contributed by atoms with E-state index in [0.29, 0.717) is 6.42 Å². The predicted molar refractivity (Wildman–Crippen MR) is 63.0 cm³/mol. The molecule has 0 heterocycles. The lowest BCUT2D eigenvalue weighted by molar-refractivity contribution is -0.207. The molecule has 108 valence electrons. The summed E-state index contributed by atoms with van der Waals surface area (Å²) in [5.74, 6) is -0.370. The van der Waals surface area contributed by atoms with Crippen LogP contribution in [0.4, 0.5) is 13.2 Å². The Balaban J connectivity index is 4.18. The Morgan fingerprint density at radius 2 is 1.89 bits per heavy atom. The molecule has 0 unspecified atom stereocenters. The fraction of sp³-hybridized carbons (Fsp3) is 0.917. The molecule has 6 heteroatoms. The van der Waals surface area contributed by atoms with Crippen LogP contribution in [0.5, 0.6) is 0 Å². The molecule has 3 nitrogen and oxygen atoms in total. The summed E-state index contributed by atoms with van der Waals surface area (Å²) in [6, 6.07) is -0.615. The van der Waals surface area contributed by atoms with Crippen molar-refractivity contribution < 1.29 is 23.1 Å². The van der Waals surface area contributed by atoms with Crippen LogP contribution < -0.4 is 5.32 Å². The van der Waals surface area contributed by atoms with Crippen molar-refractivity contribution in [3.63, 3.8) is 0 Å². The quantitative estimate of drug-likeness (QED) is 0.666. The molecule has 1 amide bonds. The van der Waals surface area contributed by atoms with Crippen LogP contribution in [0, 0.1) is 0 Å². The third-order valence-corrected chi connectivity index (χ3v) is 2.70. The fourth-order valence-electron chi connectivity index (χ4n) is 1.76. The van der Waals surface area contributed by atoms with Gasteiger partial charge in [-0.25, -0.2) is 0 Å². The highest BCUT2D eigenvalue weighted by atomic mass is 19.4. The first kappa shape index (κ1) is 17.2. The average Bonchev–Trinajstić information content (AvgIpc) is 2.21. The molecule has 0 aliphatic rings. The van der Waals surface area contributed by atoms with Crippen molar-refractivity contribution in [2.45, 2.75) is 70.7 Å². The summed E-state index contributed by atoms with van der Waals surface area (Å²) in [6.07, 6.45) is -3.27. The maximum absolute atomic E-state index is 12.2. The molecule has 0 fully saturated rings. The minimum atomic E-state index is -4.62. The second kappa shape index (κ2) is 8.34. The van der Waals surface area contributed by atoms with Crippen LogP contribution in [-0.4, -0.2) is 29.3 Å². The van der Waals surface area contributed by atoms with Crippen LogP contribution in [0.3, 0.4) is 0 Å². The molecule has 0 spiro atoms. The minimum absolute atomic E-state index is 0.370. The van der Waals surface area contributed by atoms with Crippen molar-refractivity contribution in [3.8, 4) is 0 Å². The fourth-order valence-corrected chi connectivity index (χ4v) is 1.76. The van der Waals surface area contributed by atoms with Gasteiger partial charge in [-0.3, -0.25) is 4.79 Å². The van der Waals surface area contributed by atoms with E-state index in [-0.39, 0.29) is 5.91 Å². The molecular weight excluding hydrogens is 247 g/mol. The number of carbonyl (C=O) groups excluding carboxylic acids is 1. The number of nitrogens with one attached hydrogen (secondary N) is 1. The second-order valence-corrected chi connectivity index (χ2v) is 4.54. The molecule has 18 heavy (non-hydrogen) atoms. The minimum Gasteiger partial charge on any atom is -0.384 e. The van der Waals surface area contributed by atoms with Crippen molar-refractivity contribution in [3.05, 3.63) is 0 Å². The molecule has 0 aliphatic carbocycles. The zero-order chi connectivity index (χ0) is 14.2. The van der Waals surface area contributed by atoms with Crippen LogP contribution in [0.2, 0.25) is 0 Å². The van der Waals surface area contributed by atoms with Gasteiger partial charge in [-0.1, -0.05) is 32.6 Å². The normalized spacial score (nSPS) is 15.2. The van der Waals surface area contributed by atoms with Gasteiger partial charge in [-0.15, -0.1) is 0 Å². The van der Waals surface area contributed by atoms with Gasteiger partial charge in [0.25, 0.3) is 0 Å². The molecule has 0 aliphatic heterocycles. The van der Waals surface area contributed by atoms with E-state index in [0.717, 1.165) is 25.7 Å². The molecule has 0 aromatic heterocycles. The van der Waals surface area contributed by atoms with E-state index in [9.17, 15) is 18.0 Å². The topological polar surface area (TPSA) is 49.3 Å². The number of alkyl halides is 3. The summed E-state index contributed by atoms with van der Waals surface area (Å²) in [5, 5.41) is 11.5. The van der Waals surface area contributed by atoms with E-state index in [1.165, 1.54) is 6.92 Å². The number of aliphatic hydroxyl groups excluding tert-OH is 1. The summed E-state index contributed by atoms with van der Waals surface area (Å²) >= 11 is 0. The van der Waals surface area contributed by atoms with E-state index in [4.69, 9.17) is 5.11 Å². The van der Waals surface area contributed by atoms with Crippen LogP contribution in [-0.2, 0) is 4.79 Å². The number of unbranched alkanes of at least 4 members (excludes halogenated alkanes) is 3. The molecule has 0 rings (SSSR count). The molecular formula is C12H22F3NO2. The molecule has 0 aromatic carbocycles. The molecule has 0 saturated heterocycles. The van der Waals surface area contributed by atoms with Gasteiger partial charge in [0.2, 0.25) is 5.91 Å². The van der Waals surface area contributed by atoms with E-state index < -0.39 is 24.7 Å². The monoisotopic (exact) mass is 269 g/mol. The lowest BCUT2D eigenvalue weighted by Crippen LogP contribution is -2.40. The Morgan fingerprint density at radius 1 is 1.28 bits per heavy atom. The zero-order valence-electron chi connectivity index (χ0n) is 10.9. The first-order valence-electron chi connectivity index (χ1n) is 6.29. The summed E-state index contributed by atoms with van der Waals surface area (Å²) in [7, 11) is 0. The Morgan fingerprint density at radius 3 is 2.33 bits per heavy atom. The van der Waals surface area contributed by atoms with Crippen molar-refractivity contribution >= 4 is 5.91 Å². The van der Waals surface area contributed by atoms with Gasteiger partial charge in [-0.05, 0) is 6.42 Å². The summed E-state index contributed by atoms with van der Waals surface area (Å²) < 4.78 is 36.7. The number of rotatable bonds is 8. The van der Waals surface area contributed by atoms with Crippen LogP contribution in [0.15, 0.2) is 0 Å². The van der Waals surface area contributed by atoms with Gasteiger partial charge >= 0.3 is 6.18 Å². The van der Waals surface area contributed by atoms with Crippen molar-refractivity contribution in [1.29, 1.82) is 0 Å². The van der Waals surface area contributed by atoms with E-state index >= 15 is 0 Å². The molecule has 2 atom stereocenters. The van der Waals surface area contributed by atoms with Crippen molar-refractivity contribution in [2.75, 3.05) is 0 Å². The number of hydrogen-bond acceptors (Lipinski definition) is 2. The van der Waals surface area contributed by atoms with Crippen LogP contribution in [0.1, 0.15) is 52.4 Å². The molecule has 0 saturated carbocycles. The van der Waals surface area contributed by atoms with Gasteiger partial charge < -0.3 is 10.4 Å². The lowest BCUT2D eigenvalue weighted by atomic mass is 10.0. The van der Waals surface area contributed by atoms with E-state index in [2.05, 4.69) is 5.32 Å². The summed E-state index contributed by atoms with van der Waals surface area (Å²) in [4.78, 5) is 10.9. The van der Waals surface area contributed by atoms with Crippen molar-refractivity contribution in [2.24, 2.45) is 0 Å². The van der Waals surface area contributed by atoms with Gasteiger partial charge in [0.1, 0.15) is 0 Å². The first-order chi connectivity index (χ1) is 8.27. The number of carbonyl (C=O) groups is 1. The SMILES string of the molecule is CCCCCC[C@H](C[C@H](O)C(F)(F)F)NC(C)=O. The number of aliphatic hydroxyl groups is 1. The predicted octanol–water partition coefficient (Wildman–Crippen LogP) is 2.77. The average molecular weight is 269 g/mol. The number of hydrogen-bond donors (Lipinski definition) is 2. The van der Waals surface area contributed by atoms with Crippen LogP contribution >= 0.6 is 0 Å². The van der Waals surface area contributed by atoms with Gasteiger partial charge in [0.15, 0.2) is 6.10 Å². The first-order valence-corrected chi connectivity index (χ1v) is 6.29. The zero-order valence-corrected chi connectivity index (χ0v) is 10.9. The Bertz CT molecular complexity index is 244. The third kappa shape index (κ3) is 8.33. The smallest absolute Gasteiger partial charge is 0.384 e. The Labute approximate surface area is 106 Å². The van der Waals surface area contributed by atoms with E-state index in [1.54, 1.807) is 0 Å². The maximum atomic E-state index is 12.2. The summed E-state index contributed by atoms with van der Waals surface area (Å²) in [5.41, 5.74) is 0. The lowest BCUT2D eigenvalue weighted by Gasteiger charge is -2.22. The standard InChI is InChI=1S/C12H22F3NO2/c1-3-4-5-6-7-10(16-9(2)17)8-11(18)12(13,14)15/h10-11,18H,3-8H2,1-2H3,(H,16,17)/t10-,11+/m1/s1. The molecule has 0 radical (unpaired) electrons. The van der Waals surface area contributed by atoms with E-state index in [1.807, 2.05) is 6.92 Å². The number of amides is 1. The maximum Gasteiger partial charge on any atom is 0.414 e. The largest absolute Gasteiger partial charge is 0.414 e. The molecule has 2 N–H and O–H groups in total. The van der Waals surface area contributed by atoms with Gasteiger partial charge in [0.05, 0.1) is 0 Å². The molecule has 0 bridgehead atoms. The highest BCUT2D eigenvalue weighted by Crippen LogP contribution is 2.24. The summed E-state index contributed by atoms with van der Waals surface area (Å²) in [6.45, 7) is 3.30. The molecule has 0 aromatic rings. The number of halogens is 3. The van der Waals surface area contributed by atoms with Gasteiger partial charge in [-0.2, -0.15) is 13.2 Å². The Hall–Kier alpha value is -0.780. The second-order valence-electron chi connectivity index (χ2n) is 4.54. The van der Waals surface area contributed by atoms with Gasteiger partial charge in [0, 0.05) is 19.4 Å².